The Bertz CT molecular complexity index is 997. The maximum absolute atomic E-state index is 12.6. The monoisotopic (exact) mass is 402 g/mol. The van der Waals surface area contributed by atoms with Crippen molar-refractivity contribution in [3.05, 3.63) is 77.9 Å². The first kappa shape index (κ1) is 19.9. The highest BCUT2D eigenvalue weighted by Gasteiger charge is 2.26. The zero-order chi connectivity index (χ0) is 20.9. The number of nitrogens with zero attached hydrogens (tertiary/aromatic N) is 3. The molecule has 30 heavy (non-hydrogen) atoms. The lowest BCUT2D eigenvalue weighted by molar-refractivity contribution is 0.0706. The van der Waals surface area contributed by atoms with Crippen molar-refractivity contribution in [3.8, 4) is 5.75 Å². The van der Waals surface area contributed by atoms with Crippen molar-refractivity contribution in [2.75, 3.05) is 25.5 Å². The Balaban J connectivity index is 1.42. The number of hydrogen-bond donors (Lipinski definition) is 1. The number of aromatic nitrogens is 2. The molecule has 1 amide bonds. The van der Waals surface area contributed by atoms with Gasteiger partial charge in [0.15, 0.2) is 0 Å². The molecule has 6 nitrogen and oxygen atoms in total. The van der Waals surface area contributed by atoms with Gasteiger partial charge in [-0.15, -0.1) is 0 Å². The van der Waals surface area contributed by atoms with Gasteiger partial charge in [-0.2, -0.15) is 0 Å². The third-order valence-electron chi connectivity index (χ3n) is 5.44. The van der Waals surface area contributed by atoms with Crippen LogP contribution in [0.4, 0.5) is 11.4 Å². The molecule has 1 aliphatic heterocycles. The maximum atomic E-state index is 12.6. The van der Waals surface area contributed by atoms with E-state index in [1.165, 1.54) is 0 Å². The second kappa shape index (κ2) is 8.95. The lowest BCUT2D eigenvalue weighted by Gasteiger charge is -2.31. The van der Waals surface area contributed by atoms with Crippen molar-refractivity contribution in [1.82, 2.24) is 14.9 Å². The number of rotatable bonds is 5. The Hall–Kier alpha value is -3.41. The standard InChI is InChI=1S/C24H26N4O2/c1-17-15-20(27-19-6-8-21(30-2)9-7-19)16-23(26-17)18-10-13-28(14-11-18)24(29)22-5-3-4-12-25-22/h3-9,12,15-16,18H,10-11,13-14H2,1-2H3,(H,26,27). The van der Waals surface area contributed by atoms with Gasteiger partial charge in [0.2, 0.25) is 0 Å². The van der Waals surface area contributed by atoms with Crippen LogP contribution in [0.25, 0.3) is 0 Å². The molecule has 0 spiro atoms. The van der Waals surface area contributed by atoms with E-state index >= 15 is 0 Å². The van der Waals surface area contributed by atoms with Gasteiger partial charge in [0.1, 0.15) is 11.4 Å². The summed E-state index contributed by atoms with van der Waals surface area (Å²) in [5, 5.41) is 3.46. The van der Waals surface area contributed by atoms with Crippen LogP contribution < -0.4 is 10.1 Å². The van der Waals surface area contributed by atoms with Crippen LogP contribution in [0.5, 0.6) is 5.75 Å². The summed E-state index contributed by atoms with van der Waals surface area (Å²) in [7, 11) is 1.66. The number of hydrogen-bond acceptors (Lipinski definition) is 5. The molecule has 1 aliphatic rings. The number of piperidine rings is 1. The molecule has 3 aromatic rings. The molecule has 2 aromatic heterocycles. The minimum absolute atomic E-state index is 0.00751. The highest BCUT2D eigenvalue weighted by atomic mass is 16.5. The van der Waals surface area contributed by atoms with Gasteiger partial charge in [0.25, 0.3) is 5.91 Å². The average Bonchev–Trinajstić information content (AvgIpc) is 2.79. The lowest BCUT2D eigenvalue weighted by Crippen LogP contribution is -2.38. The van der Waals surface area contributed by atoms with E-state index in [9.17, 15) is 4.79 Å². The van der Waals surface area contributed by atoms with Gasteiger partial charge in [-0.05, 0) is 68.3 Å². The molecule has 1 N–H and O–H groups in total. The summed E-state index contributed by atoms with van der Waals surface area (Å²) in [5.74, 6) is 1.18. The van der Waals surface area contributed by atoms with Gasteiger partial charge in [-0.25, -0.2) is 0 Å². The quantitative estimate of drug-likeness (QED) is 0.678. The lowest BCUT2D eigenvalue weighted by atomic mass is 9.92. The highest BCUT2D eigenvalue weighted by Crippen LogP contribution is 2.30. The van der Waals surface area contributed by atoms with Gasteiger partial charge in [0, 0.05) is 48.0 Å². The Morgan fingerprint density at radius 3 is 2.50 bits per heavy atom. The first-order valence-corrected chi connectivity index (χ1v) is 10.2. The minimum Gasteiger partial charge on any atom is -0.497 e. The van der Waals surface area contributed by atoms with E-state index in [4.69, 9.17) is 9.72 Å². The predicted octanol–water partition coefficient (Wildman–Crippen LogP) is 4.56. The summed E-state index contributed by atoms with van der Waals surface area (Å²) < 4.78 is 5.22. The van der Waals surface area contributed by atoms with Gasteiger partial charge >= 0.3 is 0 Å². The molecule has 6 heteroatoms. The Kier molecular flexibility index (Phi) is 5.93. The topological polar surface area (TPSA) is 67.3 Å². The summed E-state index contributed by atoms with van der Waals surface area (Å²) in [6.07, 6.45) is 3.46. The van der Waals surface area contributed by atoms with E-state index in [1.54, 1.807) is 19.4 Å². The summed E-state index contributed by atoms with van der Waals surface area (Å²) in [6, 6.07) is 17.5. The van der Waals surface area contributed by atoms with Crippen LogP contribution in [-0.2, 0) is 0 Å². The molecule has 0 saturated carbocycles. The fourth-order valence-electron chi connectivity index (χ4n) is 3.85. The Labute approximate surface area is 176 Å². The van der Waals surface area contributed by atoms with Gasteiger partial charge in [-0.1, -0.05) is 6.07 Å². The Morgan fingerprint density at radius 1 is 1.07 bits per heavy atom. The van der Waals surface area contributed by atoms with E-state index in [0.717, 1.165) is 54.4 Å². The number of carbonyl (C=O) groups is 1. The molecule has 1 fully saturated rings. The maximum Gasteiger partial charge on any atom is 0.272 e. The fourth-order valence-corrected chi connectivity index (χ4v) is 3.85. The molecule has 154 valence electrons. The molecular weight excluding hydrogens is 376 g/mol. The molecule has 0 radical (unpaired) electrons. The van der Waals surface area contributed by atoms with Crippen molar-refractivity contribution < 1.29 is 9.53 Å². The van der Waals surface area contributed by atoms with Gasteiger partial charge in [-0.3, -0.25) is 14.8 Å². The number of carbonyl (C=O) groups excluding carboxylic acids is 1. The van der Waals surface area contributed by atoms with E-state index in [2.05, 4.69) is 16.4 Å². The van der Waals surface area contributed by atoms with Crippen molar-refractivity contribution in [3.63, 3.8) is 0 Å². The van der Waals surface area contributed by atoms with Crippen LogP contribution in [-0.4, -0.2) is 41.0 Å². The van der Waals surface area contributed by atoms with Gasteiger partial charge in [0.05, 0.1) is 7.11 Å². The summed E-state index contributed by atoms with van der Waals surface area (Å²) in [5.41, 5.74) is 4.60. The van der Waals surface area contributed by atoms with Crippen LogP contribution >= 0.6 is 0 Å². The minimum atomic E-state index is 0.00751. The zero-order valence-corrected chi connectivity index (χ0v) is 17.3. The van der Waals surface area contributed by atoms with Gasteiger partial charge < -0.3 is 15.0 Å². The number of aryl methyl sites for hydroxylation is 1. The summed E-state index contributed by atoms with van der Waals surface area (Å²) in [6.45, 7) is 3.45. The van der Waals surface area contributed by atoms with E-state index in [-0.39, 0.29) is 5.91 Å². The number of amides is 1. The molecule has 1 saturated heterocycles. The number of benzene rings is 1. The molecule has 4 rings (SSSR count). The van der Waals surface area contributed by atoms with E-state index < -0.39 is 0 Å². The first-order chi connectivity index (χ1) is 14.6. The highest BCUT2D eigenvalue weighted by molar-refractivity contribution is 5.92. The smallest absolute Gasteiger partial charge is 0.272 e. The van der Waals surface area contributed by atoms with Crippen LogP contribution in [0.3, 0.4) is 0 Å². The number of methoxy groups -OCH3 is 1. The van der Waals surface area contributed by atoms with Crippen LogP contribution in [0.2, 0.25) is 0 Å². The van der Waals surface area contributed by atoms with E-state index in [0.29, 0.717) is 11.6 Å². The predicted molar refractivity (Wildman–Crippen MR) is 117 cm³/mol. The number of ether oxygens (including phenoxy) is 1. The van der Waals surface area contributed by atoms with Crippen molar-refractivity contribution in [2.45, 2.75) is 25.7 Å². The van der Waals surface area contributed by atoms with Crippen molar-refractivity contribution in [1.29, 1.82) is 0 Å². The third-order valence-corrected chi connectivity index (χ3v) is 5.44. The molecule has 0 aliphatic carbocycles. The number of anilines is 2. The molecule has 0 atom stereocenters. The average molecular weight is 402 g/mol. The molecule has 0 unspecified atom stereocenters. The largest absolute Gasteiger partial charge is 0.497 e. The van der Waals surface area contributed by atoms with Crippen molar-refractivity contribution in [2.24, 2.45) is 0 Å². The van der Waals surface area contributed by atoms with Crippen molar-refractivity contribution >= 4 is 17.3 Å². The fraction of sp³-hybridized carbons (Fsp3) is 0.292. The van der Waals surface area contributed by atoms with E-state index in [1.807, 2.05) is 54.3 Å². The Morgan fingerprint density at radius 2 is 1.83 bits per heavy atom. The SMILES string of the molecule is COc1ccc(Nc2cc(C)nc(C3CCN(C(=O)c4ccccn4)CC3)c2)cc1. The second-order valence-electron chi connectivity index (χ2n) is 7.56. The number of pyridine rings is 2. The summed E-state index contributed by atoms with van der Waals surface area (Å²) >= 11 is 0. The molecule has 0 bridgehead atoms. The van der Waals surface area contributed by atoms with Crippen LogP contribution in [0.15, 0.2) is 60.8 Å². The third kappa shape index (κ3) is 4.59. The number of nitrogens with one attached hydrogen (secondary N) is 1. The zero-order valence-electron chi connectivity index (χ0n) is 17.3. The molecule has 3 heterocycles. The van der Waals surface area contributed by atoms with Crippen LogP contribution in [0.1, 0.15) is 40.6 Å². The molecule has 1 aromatic carbocycles. The first-order valence-electron chi connectivity index (χ1n) is 10.2. The van der Waals surface area contributed by atoms with Crippen LogP contribution in [0, 0.1) is 6.92 Å². The normalized spacial score (nSPS) is 14.4. The second-order valence-corrected chi connectivity index (χ2v) is 7.56. The summed E-state index contributed by atoms with van der Waals surface area (Å²) in [4.78, 5) is 23.5. The molecular formula is C24H26N4O2. The number of likely N-dealkylation sites (tertiary alicyclic amines) is 1.